The molecule has 0 saturated heterocycles. The van der Waals surface area contributed by atoms with Crippen LogP contribution in [0, 0.1) is 12.7 Å². The minimum absolute atomic E-state index is 0.0610. The summed E-state index contributed by atoms with van der Waals surface area (Å²) in [6, 6.07) is 4.21. The molecule has 5 N–H and O–H groups in total. The van der Waals surface area contributed by atoms with Crippen LogP contribution in [0.4, 0.5) is 16.2 Å². The van der Waals surface area contributed by atoms with Gasteiger partial charge in [0.1, 0.15) is 11.6 Å². The average molecular weight is 376 g/mol. The topological polar surface area (TPSA) is 121 Å². The van der Waals surface area contributed by atoms with E-state index in [1.54, 1.807) is 19.1 Å². The lowest BCUT2D eigenvalue weighted by molar-refractivity contribution is -0.136. The number of hydrogen-bond acceptors (Lipinski definition) is 6. The maximum atomic E-state index is 14.5. The predicted molar refractivity (Wildman–Crippen MR) is 101 cm³/mol. The Bertz CT molecular complexity index is 814. The van der Waals surface area contributed by atoms with E-state index in [4.69, 9.17) is 10.8 Å². The maximum Gasteiger partial charge on any atom is 0.307 e. The smallest absolute Gasteiger partial charge is 0.307 e. The molecule has 1 aromatic carbocycles. The summed E-state index contributed by atoms with van der Waals surface area (Å²) in [6.07, 6.45) is 1.62. The molecule has 146 valence electrons. The van der Waals surface area contributed by atoms with E-state index in [1.807, 2.05) is 6.92 Å². The van der Waals surface area contributed by atoms with Crippen molar-refractivity contribution in [1.82, 2.24) is 9.97 Å². The molecular formula is C19H25FN4O3. The Kier molecular flexibility index (Phi) is 7.06. The van der Waals surface area contributed by atoms with E-state index in [2.05, 4.69) is 15.3 Å². The third-order valence-corrected chi connectivity index (χ3v) is 4.27. The van der Waals surface area contributed by atoms with Crippen molar-refractivity contribution in [2.24, 2.45) is 0 Å². The number of anilines is 2. The van der Waals surface area contributed by atoms with Crippen LogP contribution in [0.25, 0.3) is 0 Å². The van der Waals surface area contributed by atoms with Crippen molar-refractivity contribution >= 4 is 17.7 Å². The molecule has 1 atom stereocenters. The van der Waals surface area contributed by atoms with Crippen molar-refractivity contribution in [1.29, 1.82) is 0 Å². The lowest BCUT2D eigenvalue weighted by Crippen LogP contribution is -2.25. The Balaban J connectivity index is 2.33. The fourth-order valence-electron chi connectivity index (χ4n) is 2.91. The van der Waals surface area contributed by atoms with Crippen LogP contribution in [0.5, 0.6) is 0 Å². The van der Waals surface area contributed by atoms with E-state index in [0.29, 0.717) is 28.2 Å². The number of benzene rings is 1. The van der Waals surface area contributed by atoms with Crippen LogP contribution in [0.2, 0.25) is 0 Å². The number of carbonyl (C=O) groups is 1. The van der Waals surface area contributed by atoms with E-state index >= 15 is 0 Å². The summed E-state index contributed by atoms with van der Waals surface area (Å²) in [5, 5.41) is 21.5. The monoisotopic (exact) mass is 376 g/mol. The molecule has 2 aromatic rings. The summed E-state index contributed by atoms with van der Waals surface area (Å²) in [5.74, 6) is -0.920. The number of halogens is 1. The van der Waals surface area contributed by atoms with Crippen molar-refractivity contribution in [3.8, 4) is 0 Å². The molecular weight excluding hydrogens is 351 g/mol. The molecule has 0 aliphatic heterocycles. The van der Waals surface area contributed by atoms with Crippen molar-refractivity contribution in [2.75, 3.05) is 17.7 Å². The first-order valence-electron chi connectivity index (χ1n) is 8.83. The van der Waals surface area contributed by atoms with Crippen LogP contribution in [-0.4, -0.2) is 38.8 Å². The number of rotatable bonds is 9. The second kappa shape index (κ2) is 9.27. The fraction of sp³-hybridized carbons (Fsp3) is 0.421. The van der Waals surface area contributed by atoms with Gasteiger partial charge in [-0.15, -0.1) is 0 Å². The number of nitrogen functional groups attached to an aromatic ring is 1. The highest BCUT2D eigenvalue weighted by Gasteiger charge is 2.17. The number of nitrogens with one attached hydrogen (secondary N) is 1. The SMILES string of the molecule is CCCC(CO)Nc1nc(N)nc(C)c1Cc1ccc(CC(=O)O)cc1F. The molecule has 8 heteroatoms. The van der Waals surface area contributed by atoms with Gasteiger partial charge in [0.25, 0.3) is 0 Å². The lowest BCUT2D eigenvalue weighted by atomic mass is 10.0. The molecule has 7 nitrogen and oxygen atoms in total. The van der Waals surface area contributed by atoms with Crippen LogP contribution in [0.3, 0.4) is 0 Å². The first kappa shape index (κ1) is 20.6. The first-order chi connectivity index (χ1) is 12.8. The molecule has 0 radical (unpaired) electrons. The zero-order valence-electron chi connectivity index (χ0n) is 15.5. The van der Waals surface area contributed by atoms with Gasteiger partial charge in [-0.2, -0.15) is 4.98 Å². The molecule has 0 spiro atoms. The molecule has 0 saturated carbocycles. The number of aryl methyl sites for hydroxylation is 1. The van der Waals surface area contributed by atoms with Crippen LogP contribution >= 0.6 is 0 Å². The zero-order valence-corrected chi connectivity index (χ0v) is 15.5. The predicted octanol–water partition coefficient (Wildman–Crippen LogP) is 2.30. The van der Waals surface area contributed by atoms with Crippen molar-refractivity contribution in [3.63, 3.8) is 0 Å². The largest absolute Gasteiger partial charge is 0.481 e. The third-order valence-electron chi connectivity index (χ3n) is 4.27. The van der Waals surface area contributed by atoms with Gasteiger partial charge in [0.2, 0.25) is 5.95 Å². The minimum atomic E-state index is -1.01. The molecule has 0 fully saturated rings. The van der Waals surface area contributed by atoms with Crippen molar-refractivity contribution in [2.45, 2.75) is 45.6 Å². The maximum absolute atomic E-state index is 14.5. The highest BCUT2D eigenvalue weighted by molar-refractivity contribution is 5.70. The van der Waals surface area contributed by atoms with Gasteiger partial charge in [-0.25, -0.2) is 9.37 Å². The number of carboxylic acids is 1. The normalized spacial score (nSPS) is 12.0. The molecule has 0 amide bonds. The van der Waals surface area contributed by atoms with Gasteiger partial charge >= 0.3 is 5.97 Å². The molecule has 0 bridgehead atoms. The van der Waals surface area contributed by atoms with E-state index in [0.717, 1.165) is 12.8 Å². The van der Waals surface area contributed by atoms with E-state index in [9.17, 15) is 14.3 Å². The van der Waals surface area contributed by atoms with E-state index in [1.165, 1.54) is 6.07 Å². The van der Waals surface area contributed by atoms with Gasteiger partial charge in [0, 0.05) is 17.7 Å². The summed E-state index contributed by atoms with van der Waals surface area (Å²) < 4.78 is 14.5. The second-order valence-electron chi connectivity index (χ2n) is 6.48. The molecule has 1 heterocycles. The number of hydrogen-bond donors (Lipinski definition) is 4. The molecule has 0 aliphatic rings. The number of aliphatic hydroxyl groups is 1. The summed E-state index contributed by atoms with van der Waals surface area (Å²) in [5.41, 5.74) is 7.86. The summed E-state index contributed by atoms with van der Waals surface area (Å²) in [7, 11) is 0. The molecule has 2 rings (SSSR count). The number of carboxylic acid groups (broad SMARTS) is 1. The molecule has 0 aliphatic carbocycles. The van der Waals surface area contributed by atoms with Crippen molar-refractivity contribution in [3.05, 3.63) is 46.4 Å². The van der Waals surface area contributed by atoms with Crippen LogP contribution in [0.1, 0.15) is 42.1 Å². The van der Waals surface area contributed by atoms with Gasteiger partial charge in [0.15, 0.2) is 0 Å². The number of aromatic nitrogens is 2. The van der Waals surface area contributed by atoms with Gasteiger partial charge in [-0.05, 0) is 30.5 Å². The van der Waals surface area contributed by atoms with Crippen molar-refractivity contribution < 1.29 is 19.4 Å². The third kappa shape index (κ3) is 5.62. The molecule has 27 heavy (non-hydrogen) atoms. The molecule has 1 unspecified atom stereocenters. The summed E-state index contributed by atoms with van der Waals surface area (Å²) >= 11 is 0. The Labute approximate surface area is 157 Å². The Hall–Kier alpha value is -2.74. The number of aliphatic carboxylic acids is 1. The quantitative estimate of drug-likeness (QED) is 0.530. The summed E-state index contributed by atoms with van der Waals surface area (Å²) in [4.78, 5) is 19.2. The fourth-order valence-corrected chi connectivity index (χ4v) is 2.91. The highest BCUT2D eigenvalue weighted by Crippen LogP contribution is 2.24. The zero-order chi connectivity index (χ0) is 20.0. The van der Waals surface area contributed by atoms with Crippen LogP contribution in [-0.2, 0) is 17.6 Å². The number of nitrogens with two attached hydrogens (primary N) is 1. The Morgan fingerprint density at radius 3 is 2.70 bits per heavy atom. The van der Waals surface area contributed by atoms with Gasteiger partial charge < -0.3 is 21.3 Å². The van der Waals surface area contributed by atoms with E-state index < -0.39 is 11.8 Å². The minimum Gasteiger partial charge on any atom is -0.481 e. The Morgan fingerprint density at radius 2 is 2.11 bits per heavy atom. The first-order valence-corrected chi connectivity index (χ1v) is 8.83. The lowest BCUT2D eigenvalue weighted by Gasteiger charge is -2.20. The van der Waals surface area contributed by atoms with Gasteiger partial charge in [0.05, 0.1) is 19.1 Å². The van der Waals surface area contributed by atoms with Crippen LogP contribution in [0.15, 0.2) is 18.2 Å². The number of nitrogens with zero attached hydrogens (tertiary/aromatic N) is 2. The van der Waals surface area contributed by atoms with Gasteiger partial charge in [-0.3, -0.25) is 4.79 Å². The molecule has 1 aromatic heterocycles. The Morgan fingerprint density at radius 1 is 1.37 bits per heavy atom. The van der Waals surface area contributed by atoms with E-state index in [-0.39, 0.29) is 31.4 Å². The average Bonchev–Trinajstić information content (AvgIpc) is 2.58. The number of aliphatic hydroxyl groups excluding tert-OH is 1. The summed E-state index contributed by atoms with van der Waals surface area (Å²) in [6.45, 7) is 3.72. The highest BCUT2D eigenvalue weighted by atomic mass is 19.1. The van der Waals surface area contributed by atoms with Crippen LogP contribution < -0.4 is 11.1 Å². The standard InChI is InChI=1S/C19H25FN4O3/c1-3-4-14(10-25)23-18-15(11(2)22-19(21)24-18)9-13-6-5-12(7-16(13)20)8-17(26)27/h5-7,14,25H,3-4,8-10H2,1-2H3,(H,26,27)(H3,21,22,23,24). The second-order valence-corrected chi connectivity index (χ2v) is 6.48. The van der Waals surface area contributed by atoms with Gasteiger partial charge in [-0.1, -0.05) is 25.5 Å².